The van der Waals surface area contributed by atoms with Gasteiger partial charge < -0.3 is 9.80 Å². The van der Waals surface area contributed by atoms with Gasteiger partial charge in [-0.15, -0.1) is 0 Å². The number of benzene rings is 2. The number of carbonyl (C=O) groups excluding carboxylic acids is 2. The highest BCUT2D eigenvalue weighted by atomic mass is 19.1. The summed E-state index contributed by atoms with van der Waals surface area (Å²) in [6.45, 7) is 0.407. The van der Waals surface area contributed by atoms with Gasteiger partial charge in [-0.1, -0.05) is 48.5 Å². The van der Waals surface area contributed by atoms with E-state index in [1.165, 1.54) is 11.0 Å². The predicted octanol–water partition coefficient (Wildman–Crippen LogP) is 2.46. The van der Waals surface area contributed by atoms with E-state index < -0.39 is 24.1 Å². The van der Waals surface area contributed by atoms with E-state index in [9.17, 15) is 14.0 Å². The predicted molar refractivity (Wildman–Crippen MR) is 98.2 cm³/mol. The van der Waals surface area contributed by atoms with Gasteiger partial charge in [0.1, 0.15) is 5.82 Å². The van der Waals surface area contributed by atoms with Gasteiger partial charge in [-0.2, -0.15) is 0 Å². The minimum atomic E-state index is -0.611. The summed E-state index contributed by atoms with van der Waals surface area (Å²) in [5.41, 5.74) is 1.34. The number of carbonyl (C=O) groups is 2. The van der Waals surface area contributed by atoms with E-state index in [0.29, 0.717) is 12.1 Å². The zero-order chi connectivity index (χ0) is 19.0. The largest absolute Gasteiger partial charge is 0.343 e. The third-order valence-electron chi connectivity index (χ3n) is 4.95. The fraction of sp³-hybridized carbons (Fsp3) is 0.250. The number of aliphatic imine (C=N–C) groups is 1. The van der Waals surface area contributed by atoms with Crippen molar-refractivity contribution in [1.82, 2.24) is 14.7 Å². The van der Waals surface area contributed by atoms with E-state index in [1.807, 2.05) is 35.2 Å². The summed E-state index contributed by atoms with van der Waals surface area (Å²) in [7, 11) is 1.62. The van der Waals surface area contributed by atoms with Gasteiger partial charge in [0.2, 0.25) is 0 Å². The molecule has 0 saturated carbocycles. The first-order valence-electron chi connectivity index (χ1n) is 8.71. The van der Waals surface area contributed by atoms with Crippen LogP contribution in [0.25, 0.3) is 0 Å². The van der Waals surface area contributed by atoms with Crippen molar-refractivity contribution in [3.05, 3.63) is 71.5 Å². The van der Waals surface area contributed by atoms with Crippen molar-refractivity contribution < 1.29 is 14.0 Å². The summed E-state index contributed by atoms with van der Waals surface area (Å²) in [6.07, 6.45) is 1.06. The zero-order valence-electron chi connectivity index (χ0n) is 14.8. The molecule has 0 aromatic heterocycles. The van der Waals surface area contributed by atoms with E-state index in [-0.39, 0.29) is 12.5 Å². The average Bonchev–Trinajstić information content (AvgIpc) is 3.09. The monoisotopic (exact) mass is 366 g/mol. The van der Waals surface area contributed by atoms with Gasteiger partial charge in [0.05, 0.1) is 12.9 Å². The van der Waals surface area contributed by atoms with Crippen LogP contribution in [0.2, 0.25) is 0 Å². The number of nitrogens with zero attached hydrogens (tertiary/aromatic N) is 4. The van der Waals surface area contributed by atoms with Gasteiger partial charge in [0, 0.05) is 19.2 Å². The van der Waals surface area contributed by atoms with Crippen molar-refractivity contribution in [3.63, 3.8) is 0 Å². The Labute approximate surface area is 156 Å². The third-order valence-corrected chi connectivity index (χ3v) is 4.95. The fourth-order valence-electron chi connectivity index (χ4n) is 3.49. The lowest BCUT2D eigenvalue weighted by atomic mass is 10.1. The maximum Gasteiger partial charge on any atom is 0.328 e. The molecule has 7 heteroatoms. The molecular weight excluding hydrogens is 347 g/mol. The van der Waals surface area contributed by atoms with Crippen LogP contribution in [0.15, 0.2) is 59.6 Å². The number of likely N-dealkylation sites (N-methyl/N-ethyl adjacent to an activating group) is 1. The summed E-state index contributed by atoms with van der Waals surface area (Å²) >= 11 is 0. The SMILES string of the molecule is CN1C(=O)N(Cc2ccccc2F)C(=O)C2C1N=CN2Cc1ccccc1. The Kier molecular flexibility index (Phi) is 4.35. The molecule has 2 aromatic carbocycles. The van der Waals surface area contributed by atoms with Crippen molar-refractivity contribution in [3.8, 4) is 0 Å². The molecule has 2 atom stereocenters. The number of urea groups is 1. The molecule has 2 aromatic rings. The molecule has 2 unspecified atom stereocenters. The molecule has 3 amide bonds. The van der Waals surface area contributed by atoms with E-state index in [0.717, 1.165) is 10.5 Å². The van der Waals surface area contributed by atoms with Crippen LogP contribution in [-0.2, 0) is 17.9 Å². The number of amides is 3. The first kappa shape index (κ1) is 17.2. The van der Waals surface area contributed by atoms with Crippen LogP contribution in [0.4, 0.5) is 9.18 Å². The first-order valence-corrected chi connectivity index (χ1v) is 8.71. The number of imide groups is 1. The van der Waals surface area contributed by atoms with Gasteiger partial charge in [0.15, 0.2) is 12.2 Å². The molecule has 0 N–H and O–H groups in total. The molecule has 2 aliphatic heterocycles. The van der Waals surface area contributed by atoms with Gasteiger partial charge in [-0.25, -0.2) is 14.2 Å². The van der Waals surface area contributed by atoms with Crippen LogP contribution < -0.4 is 0 Å². The topological polar surface area (TPSA) is 56.2 Å². The van der Waals surface area contributed by atoms with Gasteiger partial charge in [0.25, 0.3) is 5.91 Å². The maximum atomic E-state index is 14.0. The second kappa shape index (κ2) is 6.83. The molecule has 0 radical (unpaired) electrons. The Morgan fingerprint density at radius 1 is 1.00 bits per heavy atom. The minimum absolute atomic E-state index is 0.100. The molecule has 0 aliphatic carbocycles. The minimum Gasteiger partial charge on any atom is -0.343 e. The fourth-order valence-corrected chi connectivity index (χ4v) is 3.49. The van der Waals surface area contributed by atoms with Gasteiger partial charge >= 0.3 is 6.03 Å². The second-order valence-electron chi connectivity index (χ2n) is 6.69. The molecule has 1 saturated heterocycles. The van der Waals surface area contributed by atoms with E-state index in [4.69, 9.17) is 0 Å². The molecule has 0 spiro atoms. The van der Waals surface area contributed by atoms with Crippen LogP contribution >= 0.6 is 0 Å². The van der Waals surface area contributed by atoms with E-state index in [1.54, 1.807) is 31.6 Å². The lowest BCUT2D eigenvalue weighted by molar-refractivity contribution is -0.138. The molecule has 1 fully saturated rings. The number of halogens is 1. The molecule has 6 nitrogen and oxygen atoms in total. The Morgan fingerprint density at radius 3 is 2.44 bits per heavy atom. The summed E-state index contributed by atoms with van der Waals surface area (Å²) in [4.78, 5) is 34.5. The first-order chi connectivity index (χ1) is 13.1. The Morgan fingerprint density at radius 2 is 1.70 bits per heavy atom. The lowest BCUT2D eigenvalue weighted by Gasteiger charge is -2.41. The Balaban J connectivity index is 1.59. The smallest absolute Gasteiger partial charge is 0.328 e. The number of hydrogen-bond donors (Lipinski definition) is 0. The number of rotatable bonds is 4. The molecule has 4 rings (SSSR count). The molecular formula is C20H19FN4O2. The summed E-state index contributed by atoms with van der Waals surface area (Å²) in [6, 6.07) is 14.8. The second-order valence-corrected chi connectivity index (χ2v) is 6.69. The van der Waals surface area contributed by atoms with Crippen LogP contribution in [0, 0.1) is 5.82 Å². The normalized spacial score (nSPS) is 21.8. The average molecular weight is 366 g/mol. The molecule has 2 heterocycles. The summed E-state index contributed by atoms with van der Waals surface area (Å²) in [5.74, 6) is -0.800. The van der Waals surface area contributed by atoms with Crippen molar-refractivity contribution in [2.45, 2.75) is 25.3 Å². The molecule has 0 bridgehead atoms. The van der Waals surface area contributed by atoms with Crippen LogP contribution in [-0.4, -0.2) is 52.2 Å². The zero-order valence-corrected chi connectivity index (χ0v) is 14.8. The number of hydrogen-bond acceptors (Lipinski definition) is 4. The van der Waals surface area contributed by atoms with Crippen LogP contribution in [0.5, 0.6) is 0 Å². The van der Waals surface area contributed by atoms with Crippen molar-refractivity contribution >= 4 is 18.3 Å². The van der Waals surface area contributed by atoms with E-state index >= 15 is 0 Å². The van der Waals surface area contributed by atoms with Crippen molar-refractivity contribution in [2.75, 3.05) is 7.05 Å². The van der Waals surface area contributed by atoms with Crippen LogP contribution in [0.3, 0.4) is 0 Å². The Hall–Kier alpha value is -3.22. The van der Waals surface area contributed by atoms with Gasteiger partial charge in [-0.05, 0) is 11.6 Å². The third kappa shape index (κ3) is 3.05. The highest BCUT2D eigenvalue weighted by Crippen LogP contribution is 2.28. The summed E-state index contributed by atoms with van der Waals surface area (Å²) < 4.78 is 14.0. The quantitative estimate of drug-likeness (QED) is 0.835. The van der Waals surface area contributed by atoms with Crippen LogP contribution in [0.1, 0.15) is 11.1 Å². The number of fused-ring (bicyclic) bond motifs is 1. The molecule has 2 aliphatic rings. The lowest BCUT2D eigenvalue weighted by Crippen LogP contribution is -2.64. The highest BCUT2D eigenvalue weighted by Gasteiger charge is 2.49. The molecule has 27 heavy (non-hydrogen) atoms. The standard InChI is InChI=1S/C20H19FN4O2/c1-23-18-17(24(13-22-18)11-14-7-3-2-4-8-14)19(26)25(20(23)27)12-15-9-5-6-10-16(15)21/h2-10,13,17-18H,11-12H2,1H3. The Bertz CT molecular complexity index is 902. The molecule has 138 valence electrons. The van der Waals surface area contributed by atoms with Gasteiger partial charge in [-0.3, -0.25) is 9.69 Å². The van der Waals surface area contributed by atoms with Crippen molar-refractivity contribution in [1.29, 1.82) is 0 Å². The maximum absolute atomic E-state index is 14.0. The van der Waals surface area contributed by atoms with Crippen molar-refractivity contribution in [2.24, 2.45) is 4.99 Å². The highest BCUT2D eigenvalue weighted by molar-refractivity contribution is 6.02. The van der Waals surface area contributed by atoms with E-state index in [2.05, 4.69) is 4.99 Å². The summed E-state index contributed by atoms with van der Waals surface area (Å²) in [5, 5.41) is 0.